The van der Waals surface area contributed by atoms with E-state index in [0.29, 0.717) is 11.4 Å². The van der Waals surface area contributed by atoms with Gasteiger partial charge in [-0.1, -0.05) is 39.0 Å². The number of nitriles is 1. The van der Waals surface area contributed by atoms with Gasteiger partial charge in [-0.05, 0) is 80.6 Å². The van der Waals surface area contributed by atoms with Gasteiger partial charge in [-0.2, -0.15) is 5.26 Å². The molecule has 176 valence electrons. The van der Waals surface area contributed by atoms with Crippen LogP contribution in [0.1, 0.15) is 57.1 Å². The molecule has 3 aromatic rings. The Balaban J connectivity index is 1.87. The van der Waals surface area contributed by atoms with Crippen LogP contribution in [0.2, 0.25) is 0 Å². The number of amides is 1. The van der Waals surface area contributed by atoms with E-state index in [1.165, 1.54) is 5.56 Å². The summed E-state index contributed by atoms with van der Waals surface area (Å²) >= 11 is 0. The first-order valence-electron chi connectivity index (χ1n) is 11.5. The summed E-state index contributed by atoms with van der Waals surface area (Å²) in [5, 5.41) is 12.5. The number of carbonyl (C=O) groups excluding carboxylic acids is 1. The largest absolute Gasteiger partial charge is 0.491 e. The van der Waals surface area contributed by atoms with Crippen molar-refractivity contribution in [2.24, 2.45) is 0 Å². The van der Waals surface area contributed by atoms with E-state index >= 15 is 0 Å². The van der Waals surface area contributed by atoms with Gasteiger partial charge >= 0.3 is 0 Å². The normalized spacial score (nSPS) is 11.9. The maximum Gasteiger partial charge on any atom is 0.266 e. The Kier molecular flexibility index (Phi) is 7.32. The van der Waals surface area contributed by atoms with Crippen LogP contribution in [0.4, 0.5) is 5.69 Å². The SMILES string of the molecule is Cc1cc(/C=C(/C#N)C(=O)Nc2cccc(OC(C)C)c2)c(C)n1-c1ccc(C(C)(C)C)cc1. The molecule has 0 fully saturated rings. The highest BCUT2D eigenvalue weighted by atomic mass is 16.5. The lowest BCUT2D eigenvalue weighted by molar-refractivity contribution is -0.112. The van der Waals surface area contributed by atoms with Crippen LogP contribution < -0.4 is 10.1 Å². The minimum Gasteiger partial charge on any atom is -0.491 e. The van der Waals surface area contributed by atoms with E-state index in [1.54, 1.807) is 18.2 Å². The Bertz CT molecular complexity index is 1250. The molecule has 0 aliphatic rings. The summed E-state index contributed by atoms with van der Waals surface area (Å²) in [5.41, 5.74) is 5.85. The van der Waals surface area contributed by atoms with Gasteiger partial charge in [-0.15, -0.1) is 0 Å². The molecule has 0 saturated heterocycles. The summed E-state index contributed by atoms with van der Waals surface area (Å²) in [6.07, 6.45) is 1.67. The molecule has 0 aliphatic heterocycles. The fourth-order valence-electron chi connectivity index (χ4n) is 3.86. The van der Waals surface area contributed by atoms with E-state index in [4.69, 9.17) is 4.74 Å². The Hall–Kier alpha value is -3.78. The van der Waals surface area contributed by atoms with Crippen molar-refractivity contribution in [1.82, 2.24) is 4.57 Å². The standard InChI is InChI=1S/C29H33N3O2/c1-19(2)34-27-10-8-9-25(17-27)31-28(33)23(18-30)16-22-15-20(3)32(21(22)4)26-13-11-24(12-14-26)29(5,6)7/h8-17,19H,1-7H3,(H,31,33)/b23-16-. The quantitative estimate of drug-likeness (QED) is 0.331. The van der Waals surface area contributed by atoms with E-state index in [2.05, 4.69) is 54.9 Å². The summed E-state index contributed by atoms with van der Waals surface area (Å²) in [6, 6.07) is 19.7. The van der Waals surface area contributed by atoms with Crippen LogP contribution in [0.15, 0.2) is 60.2 Å². The van der Waals surface area contributed by atoms with E-state index in [1.807, 2.05) is 52.0 Å². The van der Waals surface area contributed by atoms with Crippen LogP contribution in [0, 0.1) is 25.2 Å². The Labute approximate surface area is 202 Å². The number of nitrogens with zero attached hydrogens (tertiary/aromatic N) is 2. The molecule has 1 heterocycles. The van der Waals surface area contributed by atoms with E-state index in [0.717, 1.165) is 22.6 Å². The molecular formula is C29H33N3O2. The number of ether oxygens (including phenoxy) is 1. The molecule has 1 amide bonds. The zero-order valence-corrected chi connectivity index (χ0v) is 21.1. The second kappa shape index (κ2) is 10.0. The van der Waals surface area contributed by atoms with Crippen molar-refractivity contribution in [3.63, 3.8) is 0 Å². The van der Waals surface area contributed by atoms with Crippen LogP contribution in [0.5, 0.6) is 5.75 Å². The second-order valence-electron chi connectivity index (χ2n) is 9.78. The minimum absolute atomic E-state index is 0.0282. The maximum atomic E-state index is 12.8. The predicted molar refractivity (Wildman–Crippen MR) is 138 cm³/mol. The number of rotatable bonds is 6. The van der Waals surface area contributed by atoms with Crippen molar-refractivity contribution in [3.8, 4) is 17.5 Å². The van der Waals surface area contributed by atoms with Gasteiger partial charge in [0.15, 0.2) is 0 Å². The van der Waals surface area contributed by atoms with Crippen LogP contribution in [0.25, 0.3) is 11.8 Å². The molecule has 1 N–H and O–H groups in total. The number of anilines is 1. The van der Waals surface area contributed by atoms with E-state index in [-0.39, 0.29) is 17.1 Å². The highest BCUT2D eigenvalue weighted by Gasteiger charge is 2.16. The molecule has 5 nitrogen and oxygen atoms in total. The Morgan fingerprint density at radius 2 is 1.76 bits per heavy atom. The molecule has 5 heteroatoms. The molecule has 0 aliphatic carbocycles. The second-order valence-corrected chi connectivity index (χ2v) is 9.78. The maximum absolute atomic E-state index is 12.8. The molecule has 1 aromatic heterocycles. The first-order valence-corrected chi connectivity index (χ1v) is 11.5. The van der Waals surface area contributed by atoms with Crippen molar-refractivity contribution in [1.29, 1.82) is 5.26 Å². The molecule has 2 aromatic carbocycles. The van der Waals surface area contributed by atoms with Gasteiger partial charge in [0.1, 0.15) is 17.4 Å². The molecule has 0 bridgehead atoms. The smallest absolute Gasteiger partial charge is 0.266 e. The van der Waals surface area contributed by atoms with E-state index < -0.39 is 5.91 Å². The number of hydrogen-bond donors (Lipinski definition) is 1. The van der Waals surface area contributed by atoms with Crippen molar-refractivity contribution in [2.75, 3.05) is 5.32 Å². The lowest BCUT2D eigenvalue weighted by Crippen LogP contribution is -2.14. The van der Waals surface area contributed by atoms with Gasteiger partial charge in [0.25, 0.3) is 5.91 Å². The van der Waals surface area contributed by atoms with E-state index in [9.17, 15) is 10.1 Å². The zero-order valence-electron chi connectivity index (χ0n) is 21.1. The number of aromatic nitrogens is 1. The average Bonchev–Trinajstić information content (AvgIpc) is 3.04. The summed E-state index contributed by atoms with van der Waals surface area (Å²) < 4.78 is 7.82. The molecule has 0 spiro atoms. The highest BCUT2D eigenvalue weighted by molar-refractivity contribution is 6.09. The third-order valence-electron chi connectivity index (χ3n) is 5.59. The van der Waals surface area contributed by atoms with Crippen molar-refractivity contribution < 1.29 is 9.53 Å². The molecule has 0 unspecified atom stereocenters. The zero-order chi connectivity index (χ0) is 25.0. The summed E-state index contributed by atoms with van der Waals surface area (Å²) in [5.74, 6) is 0.208. The van der Waals surface area contributed by atoms with Crippen LogP contribution in [0.3, 0.4) is 0 Å². The number of benzene rings is 2. The Morgan fingerprint density at radius 3 is 2.35 bits per heavy atom. The molecule has 34 heavy (non-hydrogen) atoms. The highest BCUT2D eigenvalue weighted by Crippen LogP contribution is 2.27. The van der Waals surface area contributed by atoms with Crippen molar-refractivity contribution in [3.05, 3.63) is 82.7 Å². The van der Waals surface area contributed by atoms with Gasteiger partial charge in [0, 0.05) is 28.8 Å². The molecule has 3 rings (SSSR count). The third kappa shape index (κ3) is 5.77. The third-order valence-corrected chi connectivity index (χ3v) is 5.59. The van der Waals surface area contributed by atoms with Gasteiger partial charge < -0.3 is 14.6 Å². The average molecular weight is 456 g/mol. The number of hydrogen-bond acceptors (Lipinski definition) is 3. The van der Waals surface area contributed by atoms with Gasteiger partial charge in [0.2, 0.25) is 0 Å². The lowest BCUT2D eigenvalue weighted by atomic mass is 9.87. The number of nitrogens with one attached hydrogen (secondary N) is 1. The summed E-state index contributed by atoms with van der Waals surface area (Å²) in [4.78, 5) is 12.8. The monoisotopic (exact) mass is 455 g/mol. The molecule has 0 atom stereocenters. The minimum atomic E-state index is -0.455. The first-order chi connectivity index (χ1) is 16.0. The van der Waals surface area contributed by atoms with Gasteiger partial charge in [-0.25, -0.2) is 0 Å². The van der Waals surface area contributed by atoms with Crippen LogP contribution >= 0.6 is 0 Å². The van der Waals surface area contributed by atoms with Gasteiger partial charge in [0.05, 0.1) is 6.10 Å². The van der Waals surface area contributed by atoms with Crippen molar-refractivity contribution >= 4 is 17.7 Å². The molecule has 0 radical (unpaired) electrons. The summed E-state index contributed by atoms with van der Waals surface area (Å²) in [6.45, 7) is 14.5. The summed E-state index contributed by atoms with van der Waals surface area (Å²) in [7, 11) is 0. The van der Waals surface area contributed by atoms with Crippen molar-refractivity contribution in [2.45, 2.75) is 60.0 Å². The van der Waals surface area contributed by atoms with Crippen LogP contribution in [-0.4, -0.2) is 16.6 Å². The molecule has 0 saturated carbocycles. The number of aryl methyl sites for hydroxylation is 1. The predicted octanol–water partition coefficient (Wildman–Crippen LogP) is 6.72. The van der Waals surface area contributed by atoms with Gasteiger partial charge in [-0.3, -0.25) is 4.79 Å². The topological polar surface area (TPSA) is 67.1 Å². The van der Waals surface area contributed by atoms with Crippen LogP contribution in [-0.2, 0) is 10.2 Å². The first kappa shape index (κ1) is 24.9. The fraction of sp³-hybridized carbons (Fsp3) is 0.310. The fourth-order valence-corrected chi connectivity index (χ4v) is 3.86. The lowest BCUT2D eigenvalue weighted by Gasteiger charge is -2.20. The molecular weight excluding hydrogens is 422 g/mol. The number of carbonyl (C=O) groups is 1. The Morgan fingerprint density at radius 1 is 1.09 bits per heavy atom.